The monoisotopic (exact) mass is 393 g/mol. The highest BCUT2D eigenvalue weighted by Crippen LogP contribution is 2.31. The summed E-state index contributed by atoms with van der Waals surface area (Å²) in [4.78, 5) is 41.4. The van der Waals surface area contributed by atoms with Crippen molar-refractivity contribution in [1.29, 1.82) is 0 Å². The Kier molecular flexibility index (Phi) is 4.40. The molecule has 2 N–H and O–H groups in total. The largest absolute Gasteiger partial charge is 0.416 e. The van der Waals surface area contributed by atoms with Crippen molar-refractivity contribution >= 4 is 22.7 Å². The minimum atomic E-state index is -4.53. The van der Waals surface area contributed by atoms with Crippen molar-refractivity contribution in [3.8, 4) is 0 Å². The number of piperidine rings is 1. The van der Waals surface area contributed by atoms with Crippen LogP contribution in [-0.2, 0) is 11.0 Å². The van der Waals surface area contributed by atoms with Crippen LogP contribution in [0.3, 0.4) is 0 Å². The molecule has 0 aliphatic carbocycles. The second-order valence-corrected chi connectivity index (χ2v) is 7.25. The molecule has 2 unspecified atom stereocenters. The predicted octanol–water partition coefficient (Wildman–Crippen LogP) is 2.43. The normalized spacial score (nSPS) is 22.4. The zero-order chi connectivity index (χ0) is 20.1. The third-order valence-electron chi connectivity index (χ3n) is 5.44. The number of alkyl halides is 3. The molecule has 2 aliphatic heterocycles. The van der Waals surface area contributed by atoms with Gasteiger partial charge in [-0.25, -0.2) is 0 Å². The Balaban J connectivity index is 1.58. The fourth-order valence-corrected chi connectivity index (χ4v) is 4.01. The maximum absolute atomic E-state index is 12.8. The molecule has 2 aromatic rings. The lowest BCUT2D eigenvalue weighted by molar-refractivity contribution is -0.137. The van der Waals surface area contributed by atoms with E-state index >= 15 is 0 Å². The fraction of sp³-hybridized carbons (Fsp3) is 0.421. The van der Waals surface area contributed by atoms with Crippen LogP contribution in [0.5, 0.6) is 0 Å². The van der Waals surface area contributed by atoms with Crippen LogP contribution in [0.2, 0.25) is 0 Å². The second-order valence-electron chi connectivity index (χ2n) is 7.25. The maximum atomic E-state index is 12.8. The van der Waals surface area contributed by atoms with Crippen LogP contribution in [0, 0.1) is 0 Å². The number of carbonyl (C=O) groups excluding carboxylic acids is 2. The molecule has 3 heterocycles. The number of carbonyl (C=O) groups is 2. The minimum absolute atomic E-state index is 0.00884. The molecule has 9 heteroatoms. The Morgan fingerprint density at radius 3 is 2.68 bits per heavy atom. The Hall–Kier alpha value is -2.84. The number of H-pyrrole nitrogens is 1. The van der Waals surface area contributed by atoms with Gasteiger partial charge in [0.05, 0.1) is 5.56 Å². The summed E-state index contributed by atoms with van der Waals surface area (Å²) in [6, 6.07) is 3.60. The number of nitrogens with zero attached hydrogens (tertiary/aromatic N) is 1. The van der Waals surface area contributed by atoms with Gasteiger partial charge in [0.15, 0.2) is 0 Å². The number of hydrogen-bond donors (Lipinski definition) is 2. The highest BCUT2D eigenvalue weighted by atomic mass is 19.4. The Morgan fingerprint density at radius 1 is 1.18 bits per heavy atom. The average Bonchev–Trinajstić information content (AvgIpc) is 2.95. The van der Waals surface area contributed by atoms with Gasteiger partial charge in [-0.3, -0.25) is 14.4 Å². The zero-order valence-corrected chi connectivity index (χ0v) is 14.8. The molecule has 4 rings (SSSR count). The lowest BCUT2D eigenvalue weighted by Crippen LogP contribution is -2.44. The van der Waals surface area contributed by atoms with E-state index in [1.54, 1.807) is 4.90 Å². The second kappa shape index (κ2) is 6.65. The van der Waals surface area contributed by atoms with Gasteiger partial charge in [0, 0.05) is 18.1 Å². The zero-order valence-electron chi connectivity index (χ0n) is 14.8. The first kappa shape index (κ1) is 18.5. The maximum Gasteiger partial charge on any atom is 0.416 e. The first-order valence-corrected chi connectivity index (χ1v) is 9.09. The molecule has 0 saturated carbocycles. The van der Waals surface area contributed by atoms with E-state index in [1.807, 2.05) is 0 Å². The lowest BCUT2D eigenvalue weighted by atomic mass is 10.0. The SMILES string of the molecule is O=C(NC1CC2CCCCN2C1=O)c1cc2ccc(C(F)(F)F)cc2[nH]c1=O. The summed E-state index contributed by atoms with van der Waals surface area (Å²) in [6.45, 7) is 0.675. The number of aromatic nitrogens is 1. The van der Waals surface area contributed by atoms with Crippen molar-refractivity contribution in [3.63, 3.8) is 0 Å². The van der Waals surface area contributed by atoms with Crippen LogP contribution in [0.15, 0.2) is 29.1 Å². The number of fused-ring (bicyclic) bond motifs is 2. The molecule has 0 spiro atoms. The van der Waals surface area contributed by atoms with Gasteiger partial charge in [-0.1, -0.05) is 6.07 Å². The molecule has 0 bridgehead atoms. The molecule has 2 atom stereocenters. The Bertz CT molecular complexity index is 1010. The molecule has 1 aromatic heterocycles. The molecule has 2 fully saturated rings. The van der Waals surface area contributed by atoms with Gasteiger partial charge >= 0.3 is 6.18 Å². The molecule has 0 radical (unpaired) electrons. The van der Waals surface area contributed by atoms with Crippen molar-refractivity contribution in [2.24, 2.45) is 0 Å². The van der Waals surface area contributed by atoms with E-state index in [9.17, 15) is 27.6 Å². The van der Waals surface area contributed by atoms with Crippen molar-refractivity contribution in [3.05, 3.63) is 45.7 Å². The summed E-state index contributed by atoms with van der Waals surface area (Å²) in [5.41, 5.74) is -1.93. The van der Waals surface area contributed by atoms with Crippen molar-refractivity contribution in [1.82, 2.24) is 15.2 Å². The van der Waals surface area contributed by atoms with Crippen LogP contribution >= 0.6 is 0 Å². The third-order valence-corrected chi connectivity index (χ3v) is 5.44. The average molecular weight is 393 g/mol. The number of aromatic amines is 1. The van der Waals surface area contributed by atoms with E-state index < -0.39 is 29.2 Å². The third kappa shape index (κ3) is 3.25. The number of rotatable bonds is 2. The van der Waals surface area contributed by atoms with E-state index in [0.717, 1.165) is 31.4 Å². The summed E-state index contributed by atoms with van der Waals surface area (Å²) in [5, 5.41) is 2.91. The van der Waals surface area contributed by atoms with Gasteiger partial charge in [0.25, 0.3) is 11.5 Å². The summed E-state index contributed by atoms with van der Waals surface area (Å²) in [5.74, 6) is -0.855. The van der Waals surface area contributed by atoms with Crippen LogP contribution < -0.4 is 10.9 Å². The van der Waals surface area contributed by atoms with Gasteiger partial charge in [-0.05, 0) is 49.3 Å². The van der Waals surface area contributed by atoms with Crippen LogP contribution in [-0.4, -0.2) is 40.3 Å². The van der Waals surface area contributed by atoms with Gasteiger partial charge in [0.2, 0.25) is 5.91 Å². The molecule has 28 heavy (non-hydrogen) atoms. The van der Waals surface area contributed by atoms with Gasteiger partial charge in [0.1, 0.15) is 11.6 Å². The molecule has 1 aromatic carbocycles. The van der Waals surface area contributed by atoms with Crippen molar-refractivity contribution in [2.45, 2.75) is 43.9 Å². The number of pyridine rings is 1. The smallest absolute Gasteiger partial charge is 0.340 e. The van der Waals surface area contributed by atoms with E-state index in [1.165, 1.54) is 12.1 Å². The van der Waals surface area contributed by atoms with Crippen LogP contribution in [0.25, 0.3) is 10.9 Å². The first-order chi connectivity index (χ1) is 13.2. The minimum Gasteiger partial charge on any atom is -0.340 e. The number of amides is 2. The lowest BCUT2D eigenvalue weighted by Gasteiger charge is -2.28. The molecule has 2 saturated heterocycles. The molecule has 2 aliphatic rings. The van der Waals surface area contributed by atoms with Crippen LogP contribution in [0.1, 0.15) is 41.6 Å². The first-order valence-electron chi connectivity index (χ1n) is 9.09. The standard InChI is InChI=1S/C19H18F3N3O3/c20-19(21,22)11-5-4-10-7-13(16(26)23-14(10)8-11)17(27)24-15-9-12-3-1-2-6-25(12)18(15)28/h4-5,7-8,12,15H,1-3,6,9H2,(H,23,26)(H,24,27). The number of nitrogens with one attached hydrogen (secondary N) is 2. The Labute approximate surface area is 157 Å². The number of halogens is 3. The summed E-state index contributed by atoms with van der Waals surface area (Å²) in [7, 11) is 0. The molecule has 6 nitrogen and oxygen atoms in total. The predicted molar refractivity (Wildman–Crippen MR) is 94.8 cm³/mol. The van der Waals surface area contributed by atoms with Crippen molar-refractivity contribution < 1.29 is 22.8 Å². The van der Waals surface area contributed by atoms with Crippen LogP contribution in [0.4, 0.5) is 13.2 Å². The van der Waals surface area contributed by atoms with Gasteiger partial charge in [-0.2, -0.15) is 13.2 Å². The molecule has 2 amide bonds. The Morgan fingerprint density at radius 2 is 1.96 bits per heavy atom. The van der Waals surface area contributed by atoms with Crippen molar-refractivity contribution in [2.75, 3.05) is 6.54 Å². The van der Waals surface area contributed by atoms with E-state index in [0.29, 0.717) is 18.4 Å². The highest BCUT2D eigenvalue weighted by Gasteiger charge is 2.41. The summed E-state index contributed by atoms with van der Waals surface area (Å²) >= 11 is 0. The highest BCUT2D eigenvalue weighted by molar-refractivity contribution is 6.00. The molecular weight excluding hydrogens is 375 g/mol. The van der Waals surface area contributed by atoms with Gasteiger partial charge in [-0.15, -0.1) is 0 Å². The quantitative estimate of drug-likeness (QED) is 0.822. The van der Waals surface area contributed by atoms with E-state index in [2.05, 4.69) is 10.3 Å². The summed E-state index contributed by atoms with van der Waals surface area (Å²) in [6.07, 6.45) is -1.15. The topological polar surface area (TPSA) is 82.3 Å². The number of hydrogen-bond acceptors (Lipinski definition) is 3. The van der Waals surface area contributed by atoms with Gasteiger partial charge < -0.3 is 15.2 Å². The molecule has 148 valence electrons. The summed E-state index contributed by atoms with van der Waals surface area (Å²) < 4.78 is 38.5. The van der Waals surface area contributed by atoms with E-state index in [4.69, 9.17) is 0 Å². The fourth-order valence-electron chi connectivity index (χ4n) is 4.01. The van der Waals surface area contributed by atoms with E-state index in [-0.39, 0.29) is 23.0 Å². The number of benzene rings is 1. The molecular formula is C19H18F3N3O3.